The van der Waals surface area contributed by atoms with Gasteiger partial charge in [-0.2, -0.15) is 0 Å². The lowest BCUT2D eigenvalue weighted by Gasteiger charge is -2.35. The average molecular weight is 400 g/mol. The molecule has 2 aliphatic rings. The minimum atomic E-state index is -3.34. The van der Waals surface area contributed by atoms with Gasteiger partial charge in [0.25, 0.3) is 0 Å². The number of sulfone groups is 1. The molecule has 0 spiro atoms. The van der Waals surface area contributed by atoms with Crippen LogP contribution in [0, 0.1) is 5.92 Å². The molecule has 4 rings (SSSR count). The van der Waals surface area contributed by atoms with Crippen molar-refractivity contribution in [3.63, 3.8) is 0 Å². The van der Waals surface area contributed by atoms with E-state index in [1.165, 1.54) is 55.5 Å². The number of phenolic OH excluding ortho intramolecular Hbond substituents is 1. The predicted molar refractivity (Wildman–Crippen MR) is 111 cm³/mol. The van der Waals surface area contributed by atoms with Gasteiger partial charge in [0, 0.05) is 12.6 Å². The van der Waals surface area contributed by atoms with Crippen molar-refractivity contribution in [2.75, 3.05) is 13.1 Å². The van der Waals surface area contributed by atoms with Crippen LogP contribution >= 0.6 is 0 Å². The number of likely N-dealkylation sites (tertiary alicyclic amines) is 1. The maximum Gasteiger partial charge on any atom is 0.182 e. The third kappa shape index (κ3) is 4.26. The molecule has 1 aliphatic carbocycles. The molecule has 0 bridgehead atoms. The molecular formula is C23H29NO3S. The molecule has 2 aromatic rings. The lowest BCUT2D eigenvalue weighted by Crippen LogP contribution is -2.39. The first-order chi connectivity index (χ1) is 13.5. The average Bonchev–Trinajstić information content (AvgIpc) is 3.21. The number of phenols is 1. The molecule has 0 radical (unpaired) electrons. The molecule has 2 aromatic carbocycles. The molecule has 1 saturated carbocycles. The number of aromatic hydroxyl groups is 1. The van der Waals surface area contributed by atoms with Crippen LogP contribution in [-0.2, 0) is 16.3 Å². The maximum atomic E-state index is 13.0. The van der Waals surface area contributed by atoms with Crippen LogP contribution < -0.4 is 0 Å². The van der Waals surface area contributed by atoms with E-state index in [1.807, 2.05) is 0 Å². The number of hydrogen-bond donors (Lipinski definition) is 1. The zero-order chi connectivity index (χ0) is 19.6. The van der Waals surface area contributed by atoms with Crippen LogP contribution in [0.2, 0.25) is 0 Å². The molecule has 3 atom stereocenters. The Morgan fingerprint density at radius 2 is 1.71 bits per heavy atom. The van der Waals surface area contributed by atoms with Gasteiger partial charge in [-0.1, -0.05) is 43.2 Å². The molecule has 28 heavy (non-hydrogen) atoms. The second kappa shape index (κ2) is 8.26. The van der Waals surface area contributed by atoms with E-state index in [0.29, 0.717) is 29.8 Å². The quantitative estimate of drug-likeness (QED) is 0.824. The molecule has 5 heteroatoms. The molecular weight excluding hydrogens is 370 g/mol. The van der Waals surface area contributed by atoms with E-state index in [0.717, 1.165) is 13.0 Å². The molecule has 0 amide bonds. The number of hydrogen-bond acceptors (Lipinski definition) is 4. The van der Waals surface area contributed by atoms with E-state index in [1.54, 1.807) is 0 Å². The van der Waals surface area contributed by atoms with Crippen LogP contribution in [-0.4, -0.2) is 42.8 Å². The summed E-state index contributed by atoms with van der Waals surface area (Å²) in [6, 6.07) is 17.1. The summed E-state index contributed by atoms with van der Waals surface area (Å²) in [7, 11) is -3.34. The van der Waals surface area contributed by atoms with Crippen LogP contribution in [0.3, 0.4) is 0 Å². The highest BCUT2D eigenvalue weighted by atomic mass is 32.2. The summed E-state index contributed by atoms with van der Waals surface area (Å²) < 4.78 is 25.9. The van der Waals surface area contributed by atoms with Gasteiger partial charge in [0.05, 0.1) is 10.1 Å². The lowest BCUT2D eigenvalue weighted by atomic mass is 9.81. The highest BCUT2D eigenvalue weighted by Gasteiger charge is 2.38. The van der Waals surface area contributed by atoms with Gasteiger partial charge in [0.1, 0.15) is 5.75 Å². The molecule has 0 aromatic heterocycles. The van der Waals surface area contributed by atoms with Crippen molar-refractivity contribution < 1.29 is 13.5 Å². The van der Waals surface area contributed by atoms with Crippen LogP contribution in [0.1, 0.15) is 37.7 Å². The Labute approximate surface area is 168 Å². The van der Waals surface area contributed by atoms with E-state index in [4.69, 9.17) is 0 Å². The van der Waals surface area contributed by atoms with Crippen molar-refractivity contribution in [3.05, 3.63) is 60.2 Å². The number of nitrogens with zero attached hydrogens (tertiary/aromatic N) is 1. The zero-order valence-corrected chi connectivity index (χ0v) is 17.0. The fourth-order valence-corrected chi connectivity index (χ4v) is 6.60. The van der Waals surface area contributed by atoms with Crippen LogP contribution in [0.4, 0.5) is 0 Å². The summed E-state index contributed by atoms with van der Waals surface area (Å²) in [6.45, 7) is 1.50. The van der Waals surface area contributed by atoms with Crippen molar-refractivity contribution in [1.82, 2.24) is 4.90 Å². The van der Waals surface area contributed by atoms with Crippen molar-refractivity contribution in [1.29, 1.82) is 0 Å². The van der Waals surface area contributed by atoms with Gasteiger partial charge in [-0.05, 0) is 68.0 Å². The summed E-state index contributed by atoms with van der Waals surface area (Å²) in [6.07, 6.45) is 6.67. The summed E-state index contributed by atoms with van der Waals surface area (Å²) in [5, 5.41) is 9.09. The SMILES string of the molecule is O=S(=O)(c1ccc(O)cc1)C1CCN([C@@H]2CCC[C@@H](Cc3ccccc3)C2)C1. The standard InChI is InChI=1S/C23H29NO3S/c25-21-9-11-22(12-10-21)28(26,27)23-13-14-24(17-23)20-8-4-7-19(16-20)15-18-5-2-1-3-6-18/h1-3,5-6,9-12,19-20,23,25H,4,7-8,13-17H2/t19-,20+,23?/m0/s1. The first kappa shape index (κ1) is 19.5. The Balaban J connectivity index is 1.39. The molecule has 150 valence electrons. The van der Waals surface area contributed by atoms with Crippen molar-refractivity contribution in [2.45, 2.75) is 54.7 Å². The molecule has 2 fully saturated rings. The summed E-state index contributed by atoms with van der Waals surface area (Å²) in [4.78, 5) is 2.74. The Morgan fingerprint density at radius 1 is 0.964 bits per heavy atom. The highest BCUT2D eigenvalue weighted by Crippen LogP contribution is 2.34. The van der Waals surface area contributed by atoms with E-state index < -0.39 is 9.84 Å². The summed E-state index contributed by atoms with van der Waals surface area (Å²) in [5.41, 5.74) is 1.40. The van der Waals surface area contributed by atoms with Gasteiger partial charge in [0.2, 0.25) is 0 Å². The summed E-state index contributed by atoms with van der Waals surface area (Å²) in [5.74, 6) is 0.785. The van der Waals surface area contributed by atoms with E-state index in [-0.39, 0.29) is 11.0 Å². The van der Waals surface area contributed by atoms with Crippen molar-refractivity contribution in [2.24, 2.45) is 5.92 Å². The Morgan fingerprint density at radius 3 is 2.46 bits per heavy atom. The Bertz CT molecular complexity index is 880. The van der Waals surface area contributed by atoms with Gasteiger partial charge >= 0.3 is 0 Å². The van der Waals surface area contributed by atoms with Gasteiger partial charge in [-0.15, -0.1) is 0 Å². The monoisotopic (exact) mass is 399 g/mol. The minimum Gasteiger partial charge on any atom is -0.508 e. The van der Waals surface area contributed by atoms with Crippen molar-refractivity contribution in [3.8, 4) is 5.75 Å². The van der Waals surface area contributed by atoms with Gasteiger partial charge in [-0.3, -0.25) is 4.90 Å². The van der Waals surface area contributed by atoms with Crippen LogP contribution in [0.5, 0.6) is 5.75 Å². The fourth-order valence-electron chi connectivity index (χ4n) is 4.89. The molecule has 1 aliphatic heterocycles. The van der Waals surface area contributed by atoms with Crippen molar-refractivity contribution >= 4 is 9.84 Å². The molecule has 1 heterocycles. The normalized spacial score (nSPS) is 26.4. The number of rotatable bonds is 5. The first-order valence-electron chi connectivity index (χ1n) is 10.3. The fraction of sp³-hybridized carbons (Fsp3) is 0.478. The second-order valence-electron chi connectivity index (χ2n) is 8.32. The topological polar surface area (TPSA) is 57.6 Å². The third-order valence-corrected chi connectivity index (χ3v) is 8.61. The largest absolute Gasteiger partial charge is 0.508 e. The van der Waals surface area contributed by atoms with Crippen LogP contribution in [0.25, 0.3) is 0 Å². The summed E-state index contributed by atoms with van der Waals surface area (Å²) >= 11 is 0. The third-order valence-electron chi connectivity index (χ3n) is 6.42. The molecule has 4 nitrogen and oxygen atoms in total. The lowest BCUT2D eigenvalue weighted by molar-refractivity contribution is 0.157. The van der Waals surface area contributed by atoms with Gasteiger partial charge in [0.15, 0.2) is 9.84 Å². The van der Waals surface area contributed by atoms with E-state index in [2.05, 4.69) is 35.2 Å². The van der Waals surface area contributed by atoms with Crippen LogP contribution in [0.15, 0.2) is 59.5 Å². The molecule has 1 N–H and O–H groups in total. The predicted octanol–water partition coefficient (Wildman–Crippen LogP) is 4.04. The van der Waals surface area contributed by atoms with E-state index in [9.17, 15) is 13.5 Å². The van der Waals surface area contributed by atoms with E-state index >= 15 is 0 Å². The zero-order valence-electron chi connectivity index (χ0n) is 16.2. The Hall–Kier alpha value is -1.85. The Kier molecular flexibility index (Phi) is 5.74. The van der Waals surface area contributed by atoms with Gasteiger partial charge in [-0.25, -0.2) is 8.42 Å². The smallest absolute Gasteiger partial charge is 0.182 e. The van der Waals surface area contributed by atoms with Gasteiger partial charge < -0.3 is 5.11 Å². The first-order valence-corrected chi connectivity index (χ1v) is 11.9. The minimum absolute atomic E-state index is 0.0960. The molecule has 1 unspecified atom stereocenters. The highest BCUT2D eigenvalue weighted by molar-refractivity contribution is 7.92. The maximum absolute atomic E-state index is 13.0. The number of benzene rings is 2. The molecule has 1 saturated heterocycles. The second-order valence-corrected chi connectivity index (χ2v) is 10.5.